The molecule has 2 aromatic rings. The Kier molecular flexibility index (Phi) is 5.68. The van der Waals surface area contributed by atoms with Crippen molar-refractivity contribution in [3.63, 3.8) is 0 Å². The van der Waals surface area contributed by atoms with Gasteiger partial charge in [-0.3, -0.25) is 4.79 Å². The Morgan fingerprint density at radius 1 is 1.19 bits per heavy atom. The fourth-order valence-corrected chi connectivity index (χ4v) is 3.02. The van der Waals surface area contributed by atoms with Crippen molar-refractivity contribution in [2.24, 2.45) is 0 Å². The summed E-state index contributed by atoms with van der Waals surface area (Å²) in [5.74, 6) is 1.88. The van der Waals surface area contributed by atoms with E-state index >= 15 is 0 Å². The van der Waals surface area contributed by atoms with Gasteiger partial charge in [0.05, 0.1) is 7.11 Å². The van der Waals surface area contributed by atoms with Crippen molar-refractivity contribution in [1.82, 2.24) is 19.8 Å². The minimum absolute atomic E-state index is 0.0417. The number of hydrogen-bond donors (Lipinski definition) is 1. The molecule has 1 aliphatic rings. The number of carbonyl (C=O) groups is 1. The van der Waals surface area contributed by atoms with Crippen LogP contribution in [0.25, 0.3) is 0 Å². The number of nitrogens with zero attached hydrogens (tertiary/aromatic N) is 4. The van der Waals surface area contributed by atoms with Crippen LogP contribution >= 0.6 is 0 Å². The van der Waals surface area contributed by atoms with Gasteiger partial charge in [0.1, 0.15) is 23.1 Å². The number of benzene rings is 1. The molecule has 7 nitrogen and oxygen atoms in total. The van der Waals surface area contributed by atoms with E-state index in [0.29, 0.717) is 17.3 Å². The molecule has 0 saturated carbocycles. The molecule has 1 aromatic carbocycles. The highest BCUT2D eigenvalue weighted by Crippen LogP contribution is 2.21. The summed E-state index contributed by atoms with van der Waals surface area (Å²) >= 11 is 0. The average Bonchev–Trinajstić information content (AvgIpc) is 2.67. The second-order valence-electron chi connectivity index (χ2n) is 6.27. The Labute approximate surface area is 154 Å². The van der Waals surface area contributed by atoms with Gasteiger partial charge in [0.25, 0.3) is 5.91 Å². The number of aryl methyl sites for hydroxylation is 1. The topological polar surface area (TPSA) is 70.6 Å². The Morgan fingerprint density at radius 2 is 1.96 bits per heavy atom. The third-order valence-corrected chi connectivity index (χ3v) is 4.51. The van der Waals surface area contributed by atoms with E-state index in [1.54, 1.807) is 20.1 Å². The minimum atomic E-state index is -0.0417. The zero-order valence-electron chi connectivity index (χ0n) is 15.5. The fraction of sp³-hybridized carbons (Fsp3) is 0.421. The first-order valence-electron chi connectivity index (χ1n) is 8.87. The monoisotopic (exact) mass is 355 g/mol. The van der Waals surface area contributed by atoms with E-state index in [4.69, 9.17) is 4.74 Å². The summed E-state index contributed by atoms with van der Waals surface area (Å²) in [4.78, 5) is 25.8. The van der Waals surface area contributed by atoms with Crippen LogP contribution in [0.1, 0.15) is 23.2 Å². The molecule has 0 radical (unpaired) electrons. The van der Waals surface area contributed by atoms with Crippen LogP contribution < -0.4 is 10.1 Å². The molecule has 26 heavy (non-hydrogen) atoms. The third-order valence-electron chi connectivity index (χ3n) is 4.51. The number of likely N-dealkylation sites (N-methyl/N-ethyl adjacent to an activating group) is 1. The molecule has 1 aromatic heterocycles. The van der Waals surface area contributed by atoms with E-state index in [1.807, 2.05) is 29.2 Å². The van der Waals surface area contributed by atoms with Gasteiger partial charge in [0.2, 0.25) is 0 Å². The highest BCUT2D eigenvalue weighted by atomic mass is 16.5. The standard InChI is InChI=1S/C19H25N5O2/c1-4-23-8-10-24(11-9-23)19(25)17-13-18(21-14(2)20-17)22-15-6-5-7-16(12-15)26-3/h5-7,12-13H,4,8-11H2,1-3H3,(H,20,21,22). The molecule has 1 aliphatic heterocycles. The number of amides is 1. The van der Waals surface area contributed by atoms with Crippen LogP contribution in [0.3, 0.4) is 0 Å². The second kappa shape index (κ2) is 8.14. The van der Waals surface area contributed by atoms with Crippen LogP contribution in [0.15, 0.2) is 30.3 Å². The Morgan fingerprint density at radius 3 is 2.65 bits per heavy atom. The molecule has 1 saturated heterocycles. The fourth-order valence-electron chi connectivity index (χ4n) is 3.02. The first-order valence-corrected chi connectivity index (χ1v) is 8.87. The Bertz CT molecular complexity index is 772. The quantitative estimate of drug-likeness (QED) is 0.888. The van der Waals surface area contributed by atoms with Crippen molar-refractivity contribution in [1.29, 1.82) is 0 Å². The lowest BCUT2D eigenvalue weighted by Gasteiger charge is -2.33. The van der Waals surface area contributed by atoms with Crippen molar-refractivity contribution in [2.75, 3.05) is 45.2 Å². The van der Waals surface area contributed by atoms with Gasteiger partial charge in [0, 0.05) is 44.0 Å². The van der Waals surface area contributed by atoms with E-state index in [9.17, 15) is 4.79 Å². The van der Waals surface area contributed by atoms with Gasteiger partial charge in [-0.1, -0.05) is 13.0 Å². The summed E-state index contributed by atoms with van der Waals surface area (Å²) in [5.41, 5.74) is 1.27. The van der Waals surface area contributed by atoms with Gasteiger partial charge >= 0.3 is 0 Å². The molecule has 0 atom stereocenters. The number of methoxy groups -OCH3 is 1. The van der Waals surface area contributed by atoms with Gasteiger partial charge in [-0.25, -0.2) is 9.97 Å². The van der Waals surface area contributed by atoms with E-state index < -0.39 is 0 Å². The number of ether oxygens (including phenoxy) is 1. The van der Waals surface area contributed by atoms with Crippen molar-refractivity contribution >= 4 is 17.4 Å². The zero-order chi connectivity index (χ0) is 18.5. The number of piperazine rings is 1. The van der Waals surface area contributed by atoms with Crippen molar-refractivity contribution in [3.05, 3.63) is 41.9 Å². The number of aromatic nitrogens is 2. The van der Waals surface area contributed by atoms with E-state index in [0.717, 1.165) is 44.2 Å². The van der Waals surface area contributed by atoms with Crippen LogP contribution in [0, 0.1) is 6.92 Å². The molecule has 0 bridgehead atoms. The van der Waals surface area contributed by atoms with Gasteiger partial charge in [-0.15, -0.1) is 0 Å². The number of hydrogen-bond acceptors (Lipinski definition) is 6. The molecule has 1 amide bonds. The summed E-state index contributed by atoms with van der Waals surface area (Å²) in [6.45, 7) is 8.22. The van der Waals surface area contributed by atoms with Gasteiger partial charge < -0.3 is 19.9 Å². The summed E-state index contributed by atoms with van der Waals surface area (Å²) in [6.07, 6.45) is 0. The minimum Gasteiger partial charge on any atom is -0.497 e. The SMILES string of the molecule is CCN1CCN(C(=O)c2cc(Nc3cccc(OC)c3)nc(C)n2)CC1. The van der Waals surface area contributed by atoms with Crippen LogP contribution in [0.2, 0.25) is 0 Å². The van der Waals surface area contributed by atoms with Crippen LogP contribution in [0.4, 0.5) is 11.5 Å². The van der Waals surface area contributed by atoms with Crippen molar-refractivity contribution < 1.29 is 9.53 Å². The third kappa shape index (κ3) is 4.29. The molecule has 0 spiro atoms. The zero-order valence-corrected chi connectivity index (χ0v) is 15.5. The lowest BCUT2D eigenvalue weighted by molar-refractivity contribution is 0.0637. The molecular weight excluding hydrogens is 330 g/mol. The first-order chi connectivity index (χ1) is 12.6. The number of carbonyl (C=O) groups excluding carboxylic acids is 1. The first kappa shape index (κ1) is 18.1. The maximum Gasteiger partial charge on any atom is 0.272 e. The molecule has 138 valence electrons. The molecule has 2 heterocycles. The van der Waals surface area contributed by atoms with Crippen LogP contribution in [0.5, 0.6) is 5.75 Å². The lowest BCUT2D eigenvalue weighted by Crippen LogP contribution is -2.48. The molecule has 1 N–H and O–H groups in total. The molecule has 0 unspecified atom stereocenters. The molecule has 0 aliphatic carbocycles. The summed E-state index contributed by atoms with van der Waals surface area (Å²) in [5, 5.41) is 3.22. The summed E-state index contributed by atoms with van der Waals surface area (Å²) in [6, 6.07) is 9.28. The van der Waals surface area contributed by atoms with Crippen molar-refractivity contribution in [2.45, 2.75) is 13.8 Å². The average molecular weight is 355 g/mol. The van der Waals surface area contributed by atoms with Crippen molar-refractivity contribution in [3.8, 4) is 5.75 Å². The van der Waals surface area contributed by atoms with Gasteiger partial charge in [0.15, 0.2) is 0 Å². The summed E-state index contributed by atoms with van der Waals surface area (Å²) < 4.78 is 5.24. The summed E-state index contributed by atoms with van der Waals surface area (Å²) in [7, 11) is 1.63. The van der Waals surface area contributed by atoms with E-state index in [2.05, 4.69) is 27.1 Å². The van der Waals surface area contributed by atoms with Gasteiger partial charge in [-0.2, -0.15) is 0 Å². The predicted octanol–water partition coefficient (Wildman–Crippen LogP) is 2.31. The number of anilines is 2. The molecule has 3 rings (SSSR count). The Balaban J connectivity index is 1.75. The molecule has 7 heteroatoms. The smallest absolute Gasteiger partial charge is 0.272 e. The highest BCUT2D eigenvalue weighted by molar-refractivity contribution is 5.93. The predicted molar refractivity (Wildman–Crippen MR) is 101 cm³/mol. The number of nitrogens with one attached hydrogen (secondary N) is 1. The van der Waals surface area contributed by atoms with E-state index in [-0.39, 0.29) is 5.91 Å². The highest BCUT2D eigenvalue weighted by Gasteiger charge is 2.23. The van der Waals surface area contributed by atoms with Gasteiger partial charge in [-0.05, 0) is 25.6 Å². The van der Waals surface area contributed by atoms with E-state index in [1.165, 1.54) is 0 Å². The molecular formula is C19H25N5O2. The normalized spacial score (nSPS) is 15.0. The van der Waals surface area contributed by atoms with Crippen LogP contribution in [-0.2, 0) is 0 Å². The molecule has 1 fully saturated rings. The number of rotatable bonds is 5. The maximum absolute atomic E-state index is 12.8. The lowest BCUT2D eigenvalue weighted by atomic mass is 10.2. The second-order valence-corrected chi connectivity index (χ2v) is 6.27. The van der Waals surface area contributed by atoms with Crippen LogP contribution in [-0.4, -0.2) is 65.5 Å². The maximum atomic E-state index is 12.8. The largest absolute Gasteiger partial charge is 0.497 e. The Hall–Kier alpha value is -2.67.